The van der Waals surface area contributed by atoms with E-state index in [1.807, 2.05) is 11.9 Å². The summed E-state index contributed by atoms with van der Waals surface area (Å²) >= 11 is 0. The van der Waals surface area contributed by atoms with E-state index in [1.54, 1.807) is 28.6 Å². The predicted octanol–water partition coefficient (Wildman–Crippen LogP) is 2.50. The Bertz CT molecular complexity index is 716. The first-order valence-corrected chi connectivity index (χ1v) is 11.0. The molecular formula is C19H30ClN3O3S. The lowest BCUT2D eigenvalue weighted by Gasteiger charge is -2.32. The summed E-state index contributed by atoms with van der Waals surface area (Å²) in [6, 6.07) is 6.78. The maximum atomic E-state index is 12.8. The SMILES string of the molecule is CNC1CCCN(C(=O)c2ccc(S(=O)(=O)N3CCCCCC3)cc2)C1.Cl. The number of hydrogen-bond donors (Lipinski definition) is 1. The summed E-state index contributed by atoms with van der Waals surface area (Å²) in [6.45, 7) is 2.62. The van der Waals surface area contributed by atoms with Crippen molar-refractivity contribution in [3.05, 3.63) is 29.8 Å². The van der Waals surface area contributed by atoms with E-state index in [0.29, 0.717) is 31.2 Å². The molecule has 2 heterocycles. The monoisotopic (exact) mass is 415 g/mol. The number of amides is 1. The molecule has 0 saturated carbocycles. The van der Waals surface area contributed by atoms with E-state index in [2.05, 4.69) is 5.32 Å². The largest absolute Gasteiger partial charge is 0.337 e. The summed E-state index contributed by atoms with van der Waals surface area (Å²) in [5.41, 5.74) is 0.552. The summed E-state index contributed by atoms with van der Waals surface area (Å²) in [5.74, 6) is -0.0244. The maximum absolute atomic E-state index is 12.8. The minimum Gasteiger partial charge on any atom is -0.337 e. The predicted molar refractivity (Wildman–Crippen MR) is 109 cm³/mol. The van der Waals surface area contributed by atoms with Gasteiger partial charge in [0.2, 0.25) is 10.0 Å². The van der Waals surface area contributed by atoms with Crippen LogP contribution in [0.3, 0.4) is 0 Å². The molecule has 0 radical (unpaired) electrons. The van der Waals surface area contributed by atoms with Gasteiger partial charge in [0.05, 0.1) is 4.90 Å². The molecule has 0 bridgehead atoms. The zero-order valence-corrected chi connectivity index (χ0v) is 17.5. The third-order valence-corrected chi connectivity index (χ3v) is 7.33. The van der Waals surface area contributed by atoms with E-state index in [1.165, 1.54) is 0 Å². The lowest BCUT2D eigenvalue weighted by Crippen LogP contribution is -2.46. The third kappa shape index (κ3) is 5.22. The first kappa shape index (κ1) is 22.1. The minimum absolute atomic E-state index is 0. The van der Waals surface area contributed by atoms with Crippen LogP contribution in [0.15, 0.2) is 29.2 Å². The van der Waals surface area contributed by atoms with Crippen molar-refractivity contribution in [2.24, 2.45) is 0 Å². The summed E-state index contributed by atoms with van der Waals surface area (Å²) in [4.78, 5) is 14.8. The summed E-state index contributed by atoms with van der Waals surface area (Å²) in [7, 11) is -1.55. The highest BCUT2D eigenvalue weighted by Crippen LogP contribution is 2.21. The Morgan fingerprint density at radius 1 is 1.00 bits per heavy atom. The highest BCUT2D eigenvalue weighted by molar-refractivity contribution is 7.89. The minimum atomic E-state index is -3.47. The van der Waals surface area contributed by atoms with Gasteiger partial charge in [-0.1, -0.05) is 12.8 Å². The normalized spacial score (nSPS) is 22.0. The summed E-state index contributed by atoms with van der Waals surface area (Å²) in [5, 5.41) is 3.23. The smallest absolute Gasteiger partial charge is 0.253 e. The van der Waals surface area contributed by atoms with Crippen molar-refractivity contribution in [2.45, 2.75) is 49.5 Å². The van der Waals surface area contributed by atoms with Gasteiger partial charge in [-0.25, -0.2) is 8.42 Å². The molecule has 1 unspecified atom stereocenters. The molecule has 2 saturated heterocycles. The first-order valence-electron chi connectivity index (χ1n) is 9.59. The van der Waals surface area contributed by atoms with Gasteiger partial charge in [-0.05, 0) is 57.0 Å². The quantitative estimate of drug-likeness (QED) is 0.820. The number of benzene rings is 1. The van der Waals surface area contributed by atoms with Crippen molar-refractivity contribution < 1.29 is 13.2 Å². The van der Waals surface area contributed by atoms with E-state index in [9.17, 15) is 13.2 Å². The maximum Gasteiger partial charge on any atom is 0.253 e. The zero-order valence-electron chi connectivity index (χ0n) is 15.9. The van der Waals surface area contributed by atoms with Crippen molar-refractivity contribution in [1.29, 1.82) is 0 Å². The van der Waals surface area contributed by atoms with Crippen LogP contribution in [0, 0.1) is 0 Å². The lowest BCUT2D eigenvalue weighted by molar-refractivity contribution is 0.0698. The van der Waals surface area contributed by atoms with Gasteiger partial charge in [0.1, 0.15) is 0 Å². The van der Waals surface area contributed by atoms with Crippen LogP contribution in [-0.2, 0) is 10.0 Å². The number of nitrogens with one attached hydrogen (secondary N) is 1. The Balaban J connectivity index is 0.00000261. The van der Waals surface area contributed by atoms with E-state index >= 15 is 0 Å². The first-order chi connectivity index (χ1) is 12.5. The van der Waals surface area contributed by atoms with Crippen molar-refractivity contribution in [3.63, 3.8) is 0 Å². The van der Waals surface area contributed by atoms with Crippen LogP contribution in [0.5, 0.6) is 0 Å². The highest BCUT2D eigenvalue weighted by Gasteiger charge is 2.27. The molecule has 1 amide bonds. The van der Waals surface area contributed by atoms with Gasteiger partial charge in [-0.3, -0.25) is 4.79 Å². The number of likely N-dealkylation sites (tertiary alicyclic amines) is 1. The Kier molecular flexibility index (Phi) is 8.09. The molecule has 1 aromatic carbocycles. The molecule has 1 atom stereocenters. The fraction of sp³-hybridized carbons (Fsp3) is 0.632. The second-order valence-corrected chi connectivity index (χ2v) is 9.16. The number of nitrogens with zero attached hydrogens (tertiary/aromatic N) is 2. The fourth-order valence-corrected chi connectivity index (χ4v) is 5.30. The van der Waals surface area contributed by atoms with Gasteiger partial charge in [-0.2, -0.15) is 4.31 Å². The molecule has 2 aliphatic heterocycles. The van der Waals surface area contributed by atoms with Gasteiger partial charge in [0.25, 0.3) is 5.91 Å². The standard InChI is InChI=1S/C19H29N3O3S.ClH/c1-20-17-7-6-12-21(15-17)19(23)16-8-10-18(11-9-16)26(24,25)22-13-4-2-3-5-14-22;/h8-11,17,20H,2-7,12-15H2,1H3;1H. The van der Waals surface area contributed by atoms with Crippen LogP contribution in [0.4, 0.5) is 0 Å². The molecule has 27 heavy (non-hydrogen) atoms. The Morgan fingerprint density at radius 2 is 1.63 bits per heavy atom. The molecule has 152 valence electrons. The average Bonchev–Trinajstić information content (AvgIpc) is 2.97. The van der Waals surface area contributed by atoms with E-state index in [4.69, 9.17) is 0 Å². The Hall–Kier alpha value is -1.15. The van der Waals surface area contributed by atoms with E-state index in [-0.39, 0.29) is 23.2 Å². The number of likely N-dealkylation sites (N-methyl/N-ethyl adjacent to an activating group) is 1. The van der Waals surface area contributed by atoms with E-state index < -0.39 is 10.0 Å². The van der Waals surface area contributed by atoms with Crippen LogP contribution in [-0.4, -0.2) is 62.8 Å². The van der Waals surface area contributed by atoms with Crippen LogP contribution in [0.2, 0.25) is 0 Å². The zero-order chi connectivity index (χ0) is 18.6. The van der Waals surface area contributed by atoms with E-state index in [0.717, 1.165) is 45.1 Å². The molecule has 0 spiro atoms. The van der Waals surface area contributed by atoms with Crippen LogP contribution in [0.1, 0.15) is 48.9 Å². The Labute approximate surface area is 168 Å². The number of carbonyl (C=O) groups is 1. The molecule has 3 rings (SSSR count). The van der Waals surface area contributed by atoms with Crippen molar-refractivity contribution in [3.8, 4) is 0 Å². The molecule has 1 N–H and O–H groups in total. The van der Waals surface area contributed by atoms with Gasteiger partial charge < -0.3 is 10.2 Å². The van der Waals surface area contributed by atoms with Gasteiger partial charge >= 0.3 is 0 Å². The second-order valence-electron chi connectivity index (χ2n) is 7.22. The van der Waals surface area contributed by atoms with Crippen LogP contribution in [0.25, 0.3) is 0 Å². The topological polar surface area (TPSA) is 69.7 Å². The van der Waals surface area contributed by atoms with Gasteiger partial charge in [0, 0.05) is 37.8 Å². The highest BCUT2D eigenvalue weighted by atomic mass is 35.5. The van der Waals surface area contributed by atoms with Crippen molar-refractivity contribution in [2.75, 3.05) is 33.2 Å². The van der Waals surface area contributed by atoms with Crippen molar-refractivity contribution >= 4 is 28.3 Å². The molecule has 1 aromatic rings. The lowest BCUT2D eigenvalue weighted by atomic mass is 10.0. The number of carbonyl (C=O) groups excluding carboxylic acids is 1. The summed E-state index contributed by atoms with van der Waals surface area (Å²) < 4.78 is 27.2. The fourth-order valence-electron chi connectivity index (χ4n) is 3.78. The van der Waals surface area contributed by atoms with Gasteiger partial charge in [-0.15, -0.1) is 12.4 Å². The molecule has 0 aliphatic carbocycles. The van der Waals surface area contributed by atoms with Crippen LogP contribution < -0.4 is 5.32 Å². The van der Waals surface area contributed by atoms with Gasteiger partial charge in [0.15, 0.2) is 0 Å². The number of halogens is 1. The molecule has 8 heteroatoms. The third-order valence-electron chi connectivity index (χ3n) is 5.42. The number of piperidine rings is 1. The van der Waals surface area contributed by atoms with Crippen LogP contribution >= 0.6 is 12.4 Å². The van der Waals surface area contributed by atoms with Crippen molar-refractivity contribution in [1.82, 2.24) is 14.5 Å². The second kappa shape index (κ2) is 9.87. The molecule has 6 nitrogen and oxygen atoms in total. The molecule has 2 aliphatic rings. The average molecular weight is 416 g/mol. The number of sulfonamides is 1. The molecule has 0 aromatic heterocycles. The molecule has 2 fully saturated rings. The molecular weight excluding hydrogens is 386 g/mol. The summed E-state index contributed by atoms with van der Waals surface area (Å²) in [6.07, 6.45) is 6.06. The number of rotatable bonds is 4. The number of hydrogen-bond acceptors (Lipinski definition) is 4. The Morgan fingerprint density at radius 3 is 2.22 bits per heavy atom.